The normalized spacial score (nSPS) is 22.9. The van der Waals surface area contributed by atoms with Crippen LogP contribution in [0.15, 0.2) is 0 Å². The SMILES string of the molecule is C[15N]1CC[15N](CC=O)CC1. The maximum absolute atomic E-state index is 10.1. The van der Waals surface area contributed by atoms with Gasteiger partial charge in [0.05, 0.1) is 6.54 Å². The third-order valence-electron chi connectivity index (χ3n) is 1.93. The second-order valence-corrected chi connectivity index (χ2v) is 2.77. The molecule has 1 aliphatic heterocycles. The van der Waals surface area contributed by atoms with Crippen LogP contribution in [-0.2, 0) is 4.79 Å². The summed E-state index contributed by atoms with van der Waals surface area (Å²) >= 11 is 0. The smallest absolute Gasteiger partial charge is 0.133 e. The minimum absolute atomic E-state index is 0.605. The predicted octanol–water partition coefficient (Wildman–Crippen LogP) is -0.567. The molecule has 1 aliphatic rings. The molecule has 0 spiro atoms. The Morgan fingerprint density at radius 2 is 1.90 bits per heavy atom. The topological polar surface area (TPSA) is 23.6 Å². The number of piperazine rings is 1. The molecule has 0 saturated carbocycles. The second-order valence-electron chi connectivity index (χ2n) is 2.77. The molecule has 0 bridgehead atoms. The lowest BCUT2D eigenvalue weighted by Gasteiger charge is -2.30. The van der Waals surface area contributed by atoms with Crippen molar-refractivity contribution >= 4 is 6.29 Å². The molecule has 0 aromatic heterocycles. The molecule has 10 heavy (non-hydrogen) atoms. The van der Waals surface area contributed by atoms with Gasteiger partial charge in [0.1, 0.15) is 6.29 Å². The van der Waals surface area contributed by atoms with E-state index in [2.05, 4.69) is 16.8 Å². The molecule has 0 aromatic carbocycles. The largest absolute Gasteiger partial charge is 0.304 e. The van der Waals surface area contributed by atoms with Crippen LogP contribution in [0.3, 0.4) is 0 Å². The van der Waals surface area contributed by atoms with Crippen molar-refractivity contribution in [3.05, 3.63) is 0 Å². The van der Waals surface area contributed by atoms with E-state index in [0.717, 1.165) is 32.5 Å². The summed E-state index contributed by atoms with van der Waals surface area (Å²) in [5.41, 5.74) is 0. The molecular weight excluding hydrogens is 130 g/mol. The summed E-state index contributed by atoms with van der Waals surface area (Å²) < 4.78 is 0. The number of aldehydes is 1. The van der Waals surface area contributed by atoms with Crippen LogP contribution in [0, 0.1) is 0 Å². The van der Waals surface area contributed by atoms with Crippen molar-refractivity contribution in [2.24, 2.45) is 0 Å². The molecule has 0 aliphatic carbocycles. The Hall–Kier alpha value is -0.410. The Morgan fingerprint density at radius 3 is 2.40 bits per heavy atom. The number of carbonyl (C=O) groups excluding carboxylic acids is 1. The summed E-state index contributed by atoms with van der Waals surface area (Å²) in [5.74, 6) is 0. The van der Waals surface area contributed by atoms with Crippen molar-refractivity contribution in [2.75, 3.05) is 39.8 Å². The van der Waals surface area contributed by atoms with Crippen LogP contribution < -0.4 is 0 Å². The first-order chi connectivity index (χ1) is 4.83. The van der Waals surface area contributed by atoms with E-state index in [4.69, 9.17) is 0 Å². The Kier molecular flexibility index (Phi) is 2.83. The van der Waals surface area contributed by atoms with Crippen LogP contribution in [0.5, 0.6) is 0 Å². The highest BCUT2D eigenvalue weighted by atomic mass is 16.1. The molecule has 1 heterocycles. The van der Waals surface area contributed by atoms with Gasteiger partial charge in [0, 0.05) is 26.2 Å². The Bertz CT molecular complexity index is 108. The van der Waals surface area contributed by atoms with Crippen LogP contribution in [0.2, 0.25) is 0 Å². The Morgan fingerprint density at radius 1 is 1.30 bits per heavy atom. The van der Waals surface area contributed by atoms with Gasteiger partial charge in [0.15, 0.2) is 0 Å². The molecule has 3 nitrogen and oxygen atoms in total. The van der Waals surface area contributed by atoms with E-state index < -0.39 is 0 Å². The highest BCUT2D eigenvalue weighted by Gasteiger charge is 2.11. The van der Waals surface area contributed by atoms with E-state index in [1.165, 1.54) is 0 Å². The molecule has 58 valence electrons. The highest BCUT2D eigenvalue weighted by Crippen LogP contribution is 1.96. The van der Waals surface area contributed by atoms with Crippen LogP contribution >= 0.6 is 0 Å². The molecule has 0 radical (unpaired) electrons. The average molecular weight is 144 g/mol. The fourth-order valence-electron chi connectivity index (χ4n) is 1.14. The van der Waals surface area contributed by atoms with Gasteiger partial charge in [-0.15, -0.1) is 0 Å². The van der Waals surface area contributed by atoms with Crippen molar-refractivity contribution in [3.8, 4) is 0 Å². The van der Waals surface area contributed by atoms with Gasteiger partial charge < -0.3 is 9.69 Å². The zero-order chi connectivity index (χ0) is 7.40. The van der Waals surface area contributed by atoms with E-state index in [1.54, 1.807) is 0 Å². The average Bonchev–Trinajstić information content (AvgIpc) is 1.95. The van der Waals surface area contributed by atoms with Crippen molar-refractivity contribution in [2.45, 2.75) is 0 Å². The number of hydrogen-bond acceptors (Lipinski definition) is 3. The van der Waals surface area contributed by atoms with Gasteiger partial charge in [0.25, 0.3) is 0 Å². The molecule has 0 amide bonds. The number of rotatable bonds is 2. The summed E-state index contributed by atoms with van der Waals surface area (Å²) in [6.45, 7) is 4.86. The van der Waals surface area contributed by atoms with Crippen LogP contribution in [0.25, 0.3) is 0 Å². The first kappa shape index (κ1) is 7.69. The maximum atomic E-state index is 10.1. The lowest BCUT2D eigenvalue weighted by molar-refractivity contribution is -0.109. The zero-order valence-corrected chi connectivity index (χ0v) is 6.42. The number of likely N-dealkylation sites (N-methyl/N-ethyl adjacent to an activating group) is 1. The monoisotopic (exact) mass is 144 g/mol. The zero-order valence-electron chi connectivity index (χ0n) is 6.42. The van der Waals surface area contributed by atoms with Gasteiger partial charge in [-0.25, -0.2) is 0 Å². The van der Waals surface area contributed by atoms with Crippen molar-refractivity contribution in [1.82, 2.24) is 9.80 Å². The van der Waals surface area contributed by atoms with E-state index in [1.807, 2.05) is 0 Å². The lowest BCUT2D eigenvalue weighted by Crippen LogP contribution is -2.44. The summed E-state index contributed by atoms with van der Waals surface area (Å²) in [6, 6.07) is 0. The molecule has 0 aromatic rings. The van der Waals surface area contributed by atoms with Gasteiger partial charge >= 0.3 is 0 Å². The Labute approximate surface area is 61.6 Å². The van der Waals surface area contributed by atoms with Gasteiger partial charge in [-0.2, -0.15) is 0 Å². The van der Waals surface area contributed by atoms with E-state index in [-0.39, 0.29) is 0 Å². The number of hydrogen-bond donors (Lipinski definition) is 0. The van der Waals surface area contributed by atoms with Crippen molar-refractivity contribution in [3.63, 3.8) is 0 Å². The summed E-state index contributed by atoms with van der Waals surface area (Å²) in [5, 5.41) is 0. The molecule has 1 saturated heterocycles. The van der Waals surface area contributed by atoms with Gasteiger partial charge in [-0.1, -0.05) is 0 Å². The van der Waals surface area contributed by atoms with Crippen molar-refractivity contribution in [1.29, 1.82) is 0 Å². The summed E-state index contributed by atoms with van der Waals surface area (Å²) in [7, 11) is 2.11. The quantitative estimate of drug-likeness (QED) is 0.383. The van der Waals surface area contributed by atoms with E-state index in [9.17, 15) is 4.79 Å². The minimum Gasteiger partial charge on any atom is -0.304 e. The first-order valence-electron chi connectivity index (χ1n) is 3.67. The highest BCUT2D eigenvalue weighted by molar-refractivity contribution is 5.51. The standard InChI is InChI=1S/C7H14N2O/c1-8-2-4-9(5-3-8)6-7-10/h7H,2-6H2,1H3/i8+1,9+1. The number of nitrogens with zero attached hydrogens (tertiary/aromatic N) is 2. The predicted molar refractivity (Wildman–Crippen MR) is 40.0 cm³/mol. The minimum atomic E-state index is 0.605. The number of carbonyl (C=O) groups is 1. The fraction of sp³-hybridized carbons (Fsp3) is 0.857. The molecule has 3 heteroatoms. The fourth-order valence-corrected chi connectivity index (χ4v) is 1.14. The second kappa shape index (κ2) is 3.68. The summed E-state index contributed by atoms with van der Waals surface area (Å²) in [6.07, 6.45) is 0.978. The van der Waals surface area contributed by atoms with Gasteiger partial charge in [-0.3, -0.25) is 4.90 Å². The molecule has 0 atom stereocenters. The third kappa shape index (κ3) is 2.08. The van der Waals surface area contributed by atoms with E-state index in [0.29, 0.717) is 6.54 Å². The Balaban J connectivity index is 2.19. The molecule has 1 rings (SSSR count). The summed E-state index contributed by atoms with van der Waals surface area (Å²) in [4.78, 5) is 14.6. The molecule has 0 N–H and O–H groups in total. The first-order valence-corrected chi connectivity index (χ1v) is 3.67. The lowest BCUT2D eigenvalue weighted by atomic mass is 10.5. The van der Waals surface area contributed by atoms with Gasteiger partial charge in [0.2, 0.25) is 0 Å². The van der Waals surface area contributed by atoms with Gasteiger partial charge in [-0.05, 0) is 7.05 Å². The molecule has 1 fully saturated rings. The molecule has 0 unspecified atom stereocenters. The van der Waals surface area contributed by atoms with Crippen LogP contribution in [0.4, 0.5) is 0 Å². The maximum Gasteiger partial charge on any atom is 0.133 e. The van der Waals surface area contributed by atoms with Crippen LogP contribution in [0.1, 0.15) is 0 Å². The molecular formula is C7H14N2O. The van der Waals surface area contributed by atoms with Crippen LogP contribution in [-0.4, -0.2) is 55.9 Å². The third-order valence-corrected chi connectivity index (χ3v) is 1.93. The van der Waals surface area contributed by atoms with E-state index >= 15 is 0 Å². The van der Waals surface area contributed by atoms with Crippen molar-refractivity contribution < 1.29 is 4.79 Å².